The van der Waals surface area contributed by atoms with Gasteiger partial charge in [0.1, 0.15) is 23.2 Å². The van der Waals surface area contributed by atoms with E-state index < -0.39 is 6.23 Å². The van der Waals surface area contributed by atoms with Crippen molar-refractivity contribution in [3.05, 3.63) is 81.5 Å². The SMILES string of the molecule is COCC1=Nc2sc3c(O)ccc(Cc4ccccc4)c3c2C(O)N1Cc1cccs1. The lowest BCUT2D eigenvalue weighted by atomic mass is 9.97. The number of rotatable bonds is 6. The zero-order valence-corrected chi connectivity index (χ0v) is 18.6. The van der Waals surface area contributed by atoms with Crippen LogP contribution in [0.2, 0.25) is 0 Å². The number of aliphatic imine (C=N–C) groups is 1. The fraction of sp³-hybridized carbons (Fsp3) is 0.208. The molecule has 5 nitrogen and oxygen atoms in total. The van der Waals surface area contributed by atoms with E-state index in [1.54, 1.807) is 24.5 Å². The molecule has 31 heavy (non-hydrogen) atoms. The van der Waals surface area contributed by atoms with E-state index in [9.17, 15) is 10.2 Å². The lowest BCUT2D eigenvalue weighted by Crippen LogP contribution is -2.38. The van der Waals surface area contributed by atoms with Gasteiger partial charge in [-0.2, -0.15) is 0 Å². The monoisotopic (exact) mass is 450 g/mol. The Labute approximate surface area is 188 Å². The van der Waals surface area contributed by atoms with Gasteiger partial charge < -0.3 is 19.8 Å². The van der Waals surface area contributed by atoms with Gasteiger partial charge in [0.05, 0.1) is 11.2 Å². The van der Waals surface area contributed by atoms with Gasteiger partial charge in [-0.1, -0.05) is 42.5 Å². The number of fused-ring (bicyclic) bond motifs is 3. The maximum atomic E-state index is 11.5. The van der Waals surface area contributed by atoms with Crippen LogP contribution in [-0.2, 0) is 17.7 Å². The Kier molecular flexibility index (Phi) is 5.50. The fourth-order valence-electron chi connectivity index (χ4n) is 4.03. The third-order valence-electron chi connectivity index (χ3n) is 5.45. The second-order valence-corrected chi connectivity index (χ2v) is 9.50. The molecule has 2 N–H and O–H groups in total. The molecule has 1 aliphatic heterocycles. The molecular formula is C24H22N2O3S2. The fourth-order valence-corrected chi connectivity index (χ4v) is 5.91. The van der Waals surface area contributed by atoms with Gasteiger partial charge in [0, 0.05) is 22.9 Å². The average Bonchev–Trinajstić information content (AvgIpc) is 3.42. The third kappa shape index (κ3) is 3.74. The molecule has 0 fully saturated rings. The van der Waals surface area contributed by atoms with Crippen LogP contribution in [-0.4, -0.2) is 34.7 Å². The van der Waals surface area contributed by atoms with Gasteiger partial charge in [0.2, 0.25) is 0 Å². The molecule has 7 heteroatoms. The zero-order chi connectivity index (χ0) is 21.4. The number of benzene rings is 2. The van der Waals surface area contributed by atoms with Crippen molar-refractivity contribution in [1.82, 2.24) is 4.90 Å². The lowest BCUT2D eigenvalue weighted by molar-refractivity contribution is 0.0418. The van der Waals surface area contributed by atoms with Gasteiger partial charge in [-0.15, -0.1) is 22.7 Å². The van der Waals surface area contributed by atoms with Crippen LogP contribution in [0.4, 0.5) is 5.00 Å². The number of ether oxygens (including phenoxy) is 1. The van der Waals surface area contributed by atoms with Crippen molar-refractivity contribution in [2.24, 2.45) is 4.99 Å². The third-order valence-corrected chi connectivity index (χ3v) is 7.44. The highest BCUT2D eigenvalue weighted by Crippen LogP contribution is 2.49. The van der Waals surface area contributed by atoms with Crippen molar-refractivity contribution in [3.63, 3.8) is 0 Å². The van der Waals surface area contributed by atoms with E-state index in [-0.39, 0.29) is 5.75 Å². The Bertz CT molecular complexity index is 1230. The molecular weight excluding hydrogens is 428 g/mol. The number of hydrogen-bond donors (Lipinski definition) is 2. The summed E-state index contributed by atoms with van der Waals surface area (Å²) in [5.74, 6) is 0.901. The maximum Gasteiger partial charge on any atom is 0.158 e. The second-order valence-electron chi connectivity index (χ2n) is 7.47. The number of aromatic hydroxyl groups is 1. The maximum absolute atomic E-state index is 11.5. The summed E-state index contributed by atoms with van der Waals surface area (Å²) in [6.45, 7) is 0.851. The van der Waals surface area contributed by atoms with Crippen LogP contribution in [0.1, 0.15) is 27.8 Å². The molecule has 0 amide bonds. The molecule has 158 valence electrons. The van der Waals surface area contributed by atoms with Crippen LogP contribution >= 0.6 is 22.7 Å². The highest BCUT2D eigenvalue weighted by molar-refractivity contribution is 7.23. The van der Waals surface area contributed by atoms with Crippen molar-refractivity contribution in [2.75, 3.05) is 13.7 Å². The molecule has 5 rings (SSSR count). The topological polar surface area (TPSA) is 65.3 Å². The summed E-state index contributed by atoms with van der Waals surface area (Å²) in [5, 5.41) is 25.7. The molecule has 0 saturated heterocycles. The van der Waals surface area contributed by atoms with E-state index >= 15 is 0 Å². The van der Waals surface area contributed by atoms with Crippen molar-refractivity contribution >= 4 is 43.6 Å². The first-order valence-electron chi connectivity index (χ1n) is 10.0. The van der Waals surface area contributed by atoms with Crippen molar-refractivity contribution in [1.29, 1.82) is 0 Å². The minimum atomic E-state index is -0.871. The summed E-state index contributed by atoms with van der Waals surface area (Å²) in [7, 11) is 1.63. The molecule has 0 aliphatic carbocycles. The minimum absolute atomic E-state index is 0.215. The van der Waals surface area contributed by atoms with E-state index in [0.29, 0.717) is 25.4 Å². The first kappa shape index (κ1) is 20.2. The molecule has 0 bridgehead atoms. The number of methoxy groups -OCH3 is 1. The molecule has 0 spiro atoms. The average molecular weight is 451 g/mol. The number of amidine groups is 1. The van der Waals surface area contributed by atoms with Gasteiger partial charge in [0.25, 0.3) is 0 Å². The second kappa shape index (κ2) is 8.43. The van der Waals surface area contributed by atoms with E-state index in [1.165, 1.54) is 16.9 Å². The van der Waals surface area contributed by atoms with Gasteiger partial charge in [-0.3, -0.25) is 0 Å². The largest absolute Gasteiger partial charge is 0.506 e. The zero-order valence-electron chi connectivity index (χ0n) is 17.0. The first-order valence-corrected chi connectivity index (χ1v) is 11.7. The van der Waals surface area contributed by atoms with E-state index in [1.807, 2.05) is 40.6 Å². The van der Waals surface area contributed by atoms with Gasteiger partial charge in [-0.25, -0.2) is 4.99 Å². The Morgan fingerprint density at radius 3 is 2.68 bits per heavy atom. The summed E-state index contributed by atoms with van der Waals surface area (Å²) in [4.78, 5) is 7.87. The summed E-state index contributed by atoms with van der Waals surface area (Å²) in [6.07, 6.45) is -0.155. The Hall–Kier alpha value is -2.71. The number of phenols is 1. The molecule has 2 aromatic heterocycles. The molecule has 1 atom stereocenters. The molecule has 0 saturated carbocycles. The van der Waals surface area contributed by atoms with Crippen LogP contribution in [0.3, 0.4) is 0 Å². The van der Waals surface area contributed by atoms with E-state index in [2.05, 4.69) is 18.2 Å². The summed E-state index contributed by atoms with van der Waals surface area (Å²) in [6, 6.07) is 18.0. The quantitative estimate of drug-likeness (QED) is 0.410. The van der Waals surface area contributed by atoms with Crippen LogP contribution in [0.5, 0.6) is 5.75 Å². The van der Waals surface area contributed by atoms with Crippen LogP contribution in [0.15, 0.2) is 65.0 Å². The highest BCUT2D eigenvalue weighted by Gasteiger charge is 2.33. The standard InChI is InChI=1S/C24H22N2O3S2/c1-29-14-19-25-23-21(24(28)26(19)13-17-8-5-11-30-17)20-16(9-10-18(27)22(20)31-23)12-15-6-3-2-4-7-15/h2-11,24,27-28H,12-14H2,1H3. The van der Waals surface area contributed by atoms with Gasteiger partial charge in [0.15, 0.2) is 6.23 Å². The summed E-state index contributed by atoms with van der Waals surface area (Å²) in [5.41, 5.74) is 3.01. The number of thiophene rings is 2. The number of nitrogens with zero attached hydrogens (tertiary/aromatic N) is 2. The van der Waals surface area contributed by atoms with Crippen LogP contribution < -0.4 is 0 Å². The van der Waals surface area contributed by atoms with E-state index in [0.717, 1.165) is 31.1 Å². The Morgan fingerprint density at radius 2 is 1.94 bits per heavy atom. The number of aliphatic hydroxyl groups is 1. The van der Waals surface area contributed by atoms with Crippen molar-refractivity contribution in [2.45, 2.75) is 19.2 Å². The van der Waals surface area contributed by atoms with Crippen LogP contribution in [0, 0.1) is 0 Å². The molecule has 0 radical (unpaired) electrons. The Balaban J connectivity index is 1.65. The van der Waals surface area contributed by atoms with Gasteiger partial charge >= 0.3 is 0 Å². The molecule has 1 unspecified atom stereocenters. The van der Waals surface area contributed by atoms with Crippen molar-refractivity contribution in [3.8, 4) is 5.75 Å². The Morgan fingerprint density at radius 1 is 1.10 bits per heavy atom. The molecule has 4 aromatic rings. The minimum Gasteiger partial charge on any atom is -0.506 e. The van der Waals surface area contributed by atoms with Gasteiger partial charge in [-0.05, 0) is 35.1 Å². The smallest absolute Gasteiger partial charge is 0.158 e. The summed E-state index contributed by atoms with van der Waals surface area (Å²) >= 11 is 3.06. The van der Waals surface area contributed by atoms with Crippen molar-refractivity contribution < 1.29 is 14.9 Å². The summed E-state index contributed by atoms with van der Waals surface area (Å²) < 4.78 is 6.13. The normalized spacial score (nSPS) is 15.9. The molecule has 3 heterocycles. The van der Waals surface area contributed by atoms with E-state index in [4.69, 9.17) is 9.73 Å². The number of phenolic OH excluding ortho intramolecular Hbond substituents is 1. The van der Waals surface area contributed by atoms with Crippen LogP contribution in [0.25, 0.3) is 10.1 Å². The highest BCUT2D eigenvalue weighted by atomic mass is 32.1. The first-order chi connectivity index (χ1) is 15.2. The predicted octanol–water partition coefficient (Wildman–Crippen LogP) is 5.44. The molecule has 2 aromatic carbocycles. The predicted molar refractivity (Wildman–Crippen MR) is 127 cm³/mol. The molecule has 1 aliphatic rings. The lowest BCUT2D eigenvalue weighted by Gasteiger charge is -2.34. The number of aliphatic hydroxyl groups excluding tert-OH is 1. The number of hydrogen-bond acceptors (Lipinski definition) is 7.